The van der Waals surface area contributed by atoms with Crippen molar-refractivity contribution < 1.29 is 8.83 Å². The average Bonchev–Trinajstić information content (AvgIpc) is 4.03. The van der Waals surface area contributed by atoms with Gasteiger partial charge in [0.15, 0.2) is 11.2 Å². The molecule has 4 aromatic heterocycles. The van der Waals surface area contributed by atoms with E-state index in [9.17, 15) is 15.8 Å². The summed E-state index contributed by atoms with van der Waals surface area (Å²) in [6, 6.07) is 57.2. The van der Waals surface area contributed by atoms with E-state index in [4.69, 9.17) is 8.83 Å². The van der Waals surface area contributed by atoms with Crippen LogP contribution in [0.15, 0.2) is 160 Å². The third-order valence-electron chi connectivity index (χ3n) is 11.6. The van der Waals surface area contributed by atoms with Gasteiger partial charge in [-0.1, -0.05) is 84.9 Å². The fraction of sp³-hybridized carbons (Fsp3) is 0. The molecule has 0 saturated heterocycles. The zero-order chi connectivity index (χ0) is 38.6. The van der Waals surface area contributed by atoms with Gasteiger partial charge in [-0.05, 0) is 72.3 Å². The maximum atomic E-state index is 11.2. The van der Waals surface area contributed by atoms with Crippen LogP contribution < -0.4 is 0 Å². The van der Waals surface area contributed by atoms with Crippen molar-refractivity contribution in [2.45, 2.75) is 0 Å². The Morgan fingerprint density at radius 3 is 1.38 bits per heavy atom. The molecule has 0 amide bonds. The maximum absolute atomic E-state index is 11.2. The fourth-order valence-electron chi connectivity index (χ4n) is 9.14. The maximum Gasteiger partial charge on any atom is 0.160 e. The molecule has 0 aliphatic rings. The Bertz CT molecular complexity index is 3880. The van der Waals surface area contributed by atoms with Crippen molar-refractivity contribution in [1.82, 2.24) is 9.13 Å². The molecular weight excluding hydrogens is 715 g/mol. The lowest BCUT2D eigenvalue weighted by Gasteiger charge is -2.19. The number of benzene rings is 8. The third-order valence-corrected chi connectivity index (χ3v) is 11.6. The van der Waals surface area contributed by atoms with Crippen LogP contribution in [0.4, 0.5) is 0 Å². The number of nitrogens with zero attached hydrogens (tertiary/aromatic N) is 5. The van der Waals surface area contributed by atoms with E-state index in [1.54, 1.807) is 6.07 Å². The summed E-state index contributed by atoms with van der Waals surface area (Å²) in [7, 11) is 0. The van der Waals surface area contributed by atoms with Crippen LogP contribution >= 0.6 is 0 Å². The Balaban J connectivity index is 1.28. The second kappa shape index (κ2) is 11.7. The molecule has 58 heavy (non-hydrogen) atoms. The summed E-state index contributed by atoms with van der Waals surface area (Å²) in [6.07, 6.45) is 0. The van der Waals surface area contributed by atoms with E-state index >= 15 is 0 Å². The van der Waals surface area contributed by atoms with Gasteiger partial charge in [0.25, 0.3) is 0 Å². The first-order chi connectivity index (χ1) is 28.6. The molecule has 0 fully saturated rings. The van der Waals surface area contributed by atoms with E-state index in [0.717, 1.165) is 93.1 Å². The van der Waals surface area contributed by atoms with Crippen LogP contribution in [-0.4, -0.2) is 9.13 Å². The third kappa shape index (κ3) is 4.23. The summed E-state index contributed by atoms with van der Waals surface area (Å²) in [5.74, 6) is 0. The van der Waals surface area contributed by atoms with Gasteiger partial charge in [0, 0.05) is 48.7 Å². The topological polar surface area (TPSA) is 108 Å². The number of aromatic nitrogens is 2. The quantitative estimate of drug-likeness (QED) is 0.179. The number of rotatable bonds is 3. The molecule has 12 aromatic rings. The standard InChI is InChI=1S/C51H25N5O2/c52-26-29-21-30(27-53)23-31(22-29)41-25-44(55-42-13-5-1-9-33(42)37-17-19-39-35-11-3-7-15-46(35)57-50(39)48(37)55)32(28-54)24-45(41)56-43-14-6-2-10-34(43)38-18-20-40-36-12-4-8-16-47(36)58-51(40)49(38)56/h1-25H. The van der Waals surface area contributed by atoms with Crippen molar-refractivity contribution in [1.29, 1.82) is 15.8 Å². The molecule has 0 aliphatic carbocycles. The van der Waals surface area contributed by atoms with Gasteiger partial charge in [0.2, 0.25) is 0 Å². The SMILES string of the molecule is N#Cc1cc(C#N)cc(-c2cc(-n3c4ccccc4c4ccc5c6ccccc6oc5c43)c(C#N)cc2-n2c3ccccc3c3ccc4c5ccccc5oc4c32)c1. The molecule has 4 heterocycles. The molecule has 0 saturated carbocycles. The van der Waals surface area contributed by atoms with E-state index in [0.29, 0.717) is 33.6 Å². The molecule has 0 N–H and O–H groups in total. The average molecular weight is 740 g/mol. The first-order valence-electron chi connectivity index (χ1n) is 18.8. The van der Waals surface area contributed by atoms with Crippen molar-refractivity contribution in [3.8, 4) is 40.7 Å². The monoisotopic (exact) mass is 739 g/mol. The second-order valence-corrected chi connectivity index (χ2v) is 14.6. The van der Waals surface area contributed by atoms with E-state index < -0.39 is 0 Å². The molecule has 7 nitrogen and oxygen atoms in total. The molecule has 8 aromatic carbocycles. The lowest BCUT2D eigenvalue weighted by molar-refractivity contribution is 0.670. The lowest BCUT2D eigenvalue weighted by Crippen LogP contribution is -2.04. The van der Waals surface area contributed by atoms with Crippen molar-refractivity contribution in [2.24, 2.45) is 0 Å². The Hall–Kier alpha value is -8.57. The largest absolute Gasteiger partial charge is 0.454 e. The number of furan rings is 2. The van der Waals surface area contributed by atoms with Gasteiger partial charge in [-0.3, -0.25) is 0 Å². The van der Waals surface area contributed by atoms with Crippen molar-refractivity contribution in [2.75, 3.05) is 0 Å². The first kappa shape index (κ1) is 31.7. The van der Waals surface area contributed by atoms with Gasteiger partial charge in [0.1, 0.15) is 17.2 Å². The zero-order valence-electron chi connectivity index (χ0n) is 30.5. The predicted molar refractivity (Wildman–Crippen MR) is 229 cm³/mol. The smallest absolute Gasteiger partial charge is 0.160 e. The Morgan fingerprint density at radius 2 is 0.862 bits per heavy atom. The van der Waals surface area contributed by atoms with Crippen molar-refractivity contribution in [3.63, 3.8) is 0 Å². The number of nitriles is 3. The second-order valence-electron chi connectivity index (χ2n) is 14.6. The molecule has 266 valence electrons. The van der Waals surface area contributed by atoms with E-state index in [2.05, 4.69) is 88.0 Å². The van der Waals surface area contributed by atoms with Crippen LogP contribution in [0.25, 0.3) is 110 Å². The van der Waals surface area contributed by atoms with E-state index in [1.165, 1.54) is 0 Å². The minimum atomic E-state index is 0.355. The highest BCUT2D eigenvalue weighted by atomic mass is 16.3. The number of para-hydroxylation sites is 4. The highest BCUT2D eigenvalue weighted by Crippen LogP contribution is 2.45. The molecule has 0 radical (unpaired) electrons. The summed E-state index contributed by atoms with van der Waals surface area (Å²) < 4.78 is 17.7. The number of hydrogen-bond donors (Lipinski definition) is 0. The molecule has 12 rings (SSSR count). The van der Waals surface area contributed by atoms with Crippen LogP contribution in [0.1, 0.15) is 16.7 Å². The zero-order valence-corrected chi connectivity index (χ0v) is 30.5. The predicted octanol–water partition coefficient (Wildman–Crippen LogP) is 13.0. The summed E-state index contributed by atoms with van der Waals surface area (Å²) in [6.45, 7) is 0. The molecule has 0 bridgehead atoms. The van der Waals surface area contributed by atoms with Crippen LogP contribution in [0.2, 0.25) is 0 Å². The summed E-state index contributed by atoms with van der Waals surface area (Å²) in [5.41, 5.74) is 10.4. The Kier molecular flexibility index (Phi) is 6.41. The number of fused-ring (bicyclic) bond motifs is 14. The minimum absolute atomic E-state index is 0.355. The van der Waals surface area contributed by atoms with Crippen molar-refractivity contribution >= 4 is 87.5 Å². The van der Waals surface area contributed by atoms with Gasteiger partial charge in [-0.25, -0.2) is 0 Å². The van der Waals surface area contributed by atoms with E-state index in [-0.39, 0.29) is 0 Å². The summed E-state index contributed by atoms with van der Waals surface area (Å²) >= 11 is 0. The summed E-state index contributed by atoms with van der Waals surface area (Å²) in [5, 5.41) is 39.6. The van der Waals surface area contributed by atoms with Crippen LogP contribution in [0, 0.1) is 34.0 Å². The highest BCUT2D eigenvalue weighted by molar-refractivity contribution is 6.23. The lowest BCUT2D eigenvalue weighted by atomic mass is 9.96. The minimum Gasteiger partial charge on any atom is -0.454 e. The van der Waals surface area contributed by atoms with Crippen molar-refractivity contribution in [3.05, 3.63) is 168 Å². The number of hydrogen-bond acceptors (Lipinski definition) is 5. The van der Waals surface area contributed by atoms with Crippen LogP contribution in [-0.2, 0) is 0 Å². The normalized spacial score (nSPS) is 11.7. The van der Waals surface area contributed by atoms with Gasteiger partial charge in [-0.2, -0.15) is 15.8 Å². The fourth-order valence-corrected chi connectivity index (χ4v) is 9.14. The Labute approximate surface area is 329 Å². The van der Waals surface area contributed by atoms with E-state index in [1.807, 2.05) is 84.9 Å². The first-order valence-corrected chi connectivity index (χ1v) is 18.8. The van der Waals surface area contributed by atoms with Gasteiger partial charge in [0.05, 0.1) is 62.3 Å². The van der Waals surface area contributed by atoms with Gasteiger partial charge < -0.3 is 18.0 Å². The summed E-state index contributed by atoms with van der Waals surface area (Å²) in [4.78, 5) is 0. The Morgan fingerprint density at radius 1 is 0.397 bits per heavy atom. The molecule has 0 atom stereocenters. The molecule has 0 unspecified atom stereocenters. The van der Waals surface area contributed by atoms with Gasteiger partial charge >= 0.3 is 0 Å². The van der Waals surface area contributed by atoms with Crippen LogP contribution in [0.5, 0.6) is 0 Å². The van der Waals surface area contributed by atoms with Gasteiger partial charge in [-0.15, -0.1) is 0 Å². The molecular formula is C51H25N5O2. The molecule has 0 aliphatic heterocycles. The van der Waals surface area contributed by atoms with Crippen LogP contribution in [0.3, 0.4) is 0 Å². The highest BCUT2D eigenvalue weighted by Gasteiger charge is 2.26. The molecule has 0 spiro atoms. The molecule has 7 heteroatoms.